The highest BCUT2D eigenvalue weighted by atomic mass is 16.5. The molecule has 0 saturated heterocycles. The second kappa shape index (κ2) is 7.76. The van der Waals surface area contributed by atoms with Crippen LogP contribution in [0.1, 0.15) is 12.5 Å². The number of allylic oxidation sites excluding steroid dienone is 1. The first-order chi connectivity index (χ1) is 13.8. The van der Waals surface area contributed by atoms with E-state index in [-0.39, 0.29) is 63.7 Å². The number of aliphatic hydroxyl groups excluding tert-OH is 1. The van der Waals surface area contributed by atoms with E-state index in [9.17, 15) is 25.2 Å². The van der Waals surface area contributed by atoms with Crippen molar-refractivity contribution in [3.8, 4) is 39.9 Å². The molecule has 2 aromatic carbocycles. The van der Waals surface area contributed by atoms with Gasteiger partial charge >= 0.3 is 0 Å². The van der Waals surface area contributed by atoms with Gasteiger partial charge in [0, 0.05) is 23.3 Å². The minimum Gasteiger partial charge on any atom is -0.508 e. The molecular weight excluding hydrogens is 380 g/mol. The summed E-state index contributed by atoms with van der Waals surface area (Å²) in [5.74, 6) is -1.38. The Labute approximate surface area is 165 Å². The summed E-state index contributed by atoms with van der Waals surface area (Å²) in [7, 11) is 1.33. The Hall–Kier alpha value is -3.65. The van der Waals surface area contributed by atoms with Crippen molar-refractivity contribution in [3.63, 3.8) is 0 Å². The molecule has 0 aliphatic rings. The maximum atomic E-state index is 13.0. The summed E-state index contributed by atoms with van der Waals surface area (Å²) >= 11 is 0. The predicted octanol–water partition coefficient (Wildman–Crippen LogP) is 2.77. The molecular formula is C21H20O8. The number of aromatic hydroxyl groups is 4. The van der Waals surface area contributed by atoms with Gasteiger partial charge in [0.25, 0.3) is 0 Å². The Morgan fingerprint density at radius 1 is 1.10 bits per heavy atom. The molecule has 0 fully saturated rings. The van der Waals surface area contributed by atoms with Crippen molar-refractivity contribution in [2.45, 2.75) is 13.3 Å². The fourth-order valence-corrected chi connectivity index (χ4v) is 2.99. The normalized spacial score (nSPS) is 11.8. The van der Waals surface area contributed by atoms with E-state index in [1.807, 2.05) is 0 Å². The third-order valence-corrected chi connectivity index (χ3v) is 4.59. The molecule has 152 valence electrons. The van der Waals surface area contributed by atoms with E-state index in [1.165, 1.54) is 19.2 Å². The molecule has 0 radical (unpaired) electrons. The lowest BCUT2D eigenvalue weighted by molar-refractivity contribution is 0.331. The average Bonchev–Trinajstić information content (AvgIpc) is 2.68. The summed E-state index contributed by atoms with van der Waals surface area (Å²) in [5, 5.41) is 49.8. The SMILES string of the molecule is COc1cc(-c2coc3cc(O)cc(O)c3c2=O)c(O)c(CC=C(C)CO)c1O. The molecule has 8 heteroatoms. The molecule has 3 rings (SSSR count). The number of phenols is 4. The van der Waals surface area contributed by atoms with Crippen LogP contribution in [-0.2, 0) is 6.42 Å². The van der Waals surface area contributed by atoms with Gasteiger partial charge in [0.05, 0.1) is 19.3 Å². The molecule has 3 aromatic rings. The summed E-state index contributed by atoms with van der Waals surface area (Å²) in [6.07, 6.45) is 2.79. The number of methoxy groups -OCH3 is 1. The van der Waals surface area contributed by atoms with E-state index in [2.05, 4.69) is 0 Å². The zero-order valence-electron chi connectivity index (χ0n) is 15.8. The summed E-state index contributed by atoms with van der Waals surface area (Å²) < 4.78 is 10.5. The number of benzene rings is 2. The van der Waals surface area contributed by atoms with E-state index in [0.717, 1.165) is 12.3 Å². The molecule has 0 atom stereocenters. The van der Waals surface area contributed by atoms with Crippen molar-refractivity contribution in [1.29, 1.82) is 0 Å². The van der Waals surface area contributed by atoms with Gasteiger partial charge in [-0.05, 0) is 19.4 Å². The van der Waals surface area contributed by atoms with Crippen molar-refractivity contribution < 1.29 is 34.7 Å². The van der Waals surface area contributed by atoms with Gasteiger partial charge in [-0.1, -0.05) is 11.6 Å². The zero-order chi connectivity index (χ0) is 21.3. The van der Waals surface area contributed by atoms with Gasteiger partial charge in [0.1, 0.15) is 34.5 Å². The maximum Gasteiger partial charge on any atom is 0.204 e. The highest BCUT2D eigenvalue weighted by Gasteiger charge is 2.22. The maximum absolute atomic E-state index is 13.0. The van der Waals surface area contributed by atoms with Crippen LogP contribution < -0.4 is 10.2 Å². The first-order valence-corrected chi connectivity index (χ1v) is 8.64. The average molecular weight is 400 g/mol. The molecule has 1 heterocycles. The highest BCUT2D eigenvalue weighted by molar-refractivity contribution is 5.89. The molecule has 0 amide bonds. The number of fused-ring (bicyclic) bond motifs is 1. The molecule has 0 saturated carbocycles. The Bertz CT molecular complexity index is 1170. The van der Waals surface area contributed by atoms with Crippen LogP contribution in [0.3, 0.4) is 0 Å². The second-order valence-electron chi connectivity index (χ2n) is 6.53. The van der Waals surface area contributed by atoms with Crippen LogP contribution in [0.25, 0.3) is 22.1 Å². The van der Waals surface area contributed by atoms with Gasteiger partial charge in [-0.15, -0.1) is 0 Å². The third kappa shape index (κ3) is 3.57. The van der Waals surface area contributed by atoms with Gasteiger partial charge in [-0.25, -0.2) is 0 Å². The number of hydrogen-bond acceptors (Lipinski definition) is 8. The summed E-state index contributed by atoms with van der Waals surface area (Å²) in [6.45, 7) is 1.50. The smallest absolute Gasteiger partial charge is 0.204 e. The Kier molecular flexibility index (Phi) is 5.38. The Balaban J connectivity index is 2.29. The van der Waals surface area contributed by atoms with E-state index < -0.39 is 11.2 Å². The van der Waals surface area contributed by atoms with Gasteiger partial charge < -0.3 is 34.7 Å². The number of ether oxygens (including phenoxy) is 1. The highest BCUT2D eigenvalue weighted by Crippen LogP contribution is 2.44. The summed E-state index contributed by atoms with van der Waals surface area (Å²) in [5.41, 5.74) is 0.0268. The summed E-state index contributed by atoms with van der Waals surface area (Å²) in [4.78, 5) is 13.0. The van der Waals surface area contributed by atoms with Crippen LogP contribution in [0.2, 0.25) is 0 Å². The van der Waals surface area contributed by atoms with Crippen LogP contribution in [0.4, 0.5) is 0 Å². The summed E-state index contributed by atoms with van der Waals surface area (Å²) in [6, 6.07) is 3.48. The van der Waals surface area contributed by atoms with Crippen LogP contribution in [-0.4, -0.2) is 39.2 Å². The number of hydrogen-bond donors (Lipinski definition) is 5. The third-order valence-electron chi connectivity index (χ3n) is 4.59. The van der Waals surface area contributed by atoms with E-state index in [1.54, 1.807) is 13.0 Å². The molecule has 0 aliphatic carbocycles. The van der Waals surface area contributed by atoms with E-state index >= 15 is 0 Å². The number of aliphatic hydroxyl groups is 1. The predicted molar refractivity (Wildman–Crippen MR) is 106 cm³/mol. The largest absolute Gasteiger partial charge is 0.508 e. The van der Waals surface area contributed by atoms with Gasteiger partial charge in [0.15, 0.2) is 11.5 Å². The van der Waals surface area contributed by atoms with Gasteiger partial charge in [0.2, 0.25) is 5.43 Å². The van der Waals surface area contributed by atoms with Crippen LogP contribution in [0, 0.1) is 0 Å². The first kappa shape index (κ1) is 20.1. The van der Waals surface area contributed by atoms with E-state index in [0.29, 0.717) is 5.57 Å². The Morgan fingerprint density at radius 3 is 2.48 bits per heavy atom. The second-order valence-corrected chi connectivity index (χ2v) is 6.53. The molecule has 29 heavy (non-hydrogen) atoms. The lowest BCUT2D eigenvalue weighted by Crippen LogP contribution is -2.06. The zero-order valence-corrected chi connectivity index (χ0v) is 15.8. The fraction of sp³-hybridized carbons (Fsp3) is 0.190. The molecule has 8 nitrogen and oxygen atoms in total. The molecule has 0 unspecified atom stereocenters. The van der Waals surface area contributed by atoms with Crippen molar-refractivity contribution in [2.24, 2.45) is 0 Å². The van der Waals surface area contributed by atoms with Crippen molar-refractivity contribution in [1.82, 2.24) is 0 Å². The minimum absolute atomic E-state index is 0.0248. The van der Waals surface area contributed by atoms with Gasteiger partial charge in [-0.3, -0.25) is 4.79 Å². The fourth-order valence-electron chi connectivity index (χ4n) is 2.99. The lowest BCUT2D eigenvalue weighted by Gasteiger charge is -2.15. The lowest BCUT2D eigenvalue weighted by atomic mass is 9.97. The monoisotopic (exact) mass is 400 g/mol. The Morgan fingerprint density at radius 2 is 1.83 bits per heavy atom. The van der Waals surface area contributed by atoms with Crippen molar-refractivity contribution in [3.05, 3.63) is 51.9 Å². The number of phenolic OH excluding ortho intramolecular Hbond substituents is 4. The molecule has 0 bridgehead atoms. The topological polar surface area (TPSA) is 141 Å². The van der Waals surface area contributed by atoms with Crippen LogP contribution in [0.15, 0.2) is 45.3 Å². The van der Waals surface area contributed by atoms with E-state index in [4.69, 9.17) is 14.3 Å². The van der Waals surface area contributed by atoms with Crippen molar-refractivity contribution in [2.75, 3.05) is 13.7 Å². The molecule has 0 aliphatic heterocycles. The van der Waals surface area contributed by atoms with Crippen LogP contribution in [0.5, 0.6) is 28.7 Å². The molecule has 0 spiro atoms. The molecule has 5 N–H and O–H groups in total. The quantitative estimate of drug-likeness (QED) is 0.412. The first-order valence-electron chi connectivity index (χ1n) is 8.64. The standard InChI is InChI=1S/C21H20O8/c1-10(8-22)3-4-12-19(25)13(7-17(28-2)20(12)26)14-9-29-16-6-11(23)5-15(24)18(16)21(14)27/h3,5-7,9,22-26H,4,8H2,1-2H3. The minimum atomic E-state index is -0.639. The van der Waals surface area contributed by atoms with Crippen LogP contribution >= 0.6 is 0 Å². The molecule has 1 aromatic heterocycles. The number of rotatable bonds is 5. The van der Waals surface area contributed by atoms with Crippen molar-refractivity contribution >= 4 is 11.0 Å². The van der Waals surface area contributed by atoms with Gasteiger partial charge in [-0.2, -0.15) is 0 Å².